The van der Waals surface area contributed by atoms with Gasteiger partial charge in [-0.3, -0.25) is 9.80 Å². The van der Waals surface area contributed by atoms with E-state index in [1.54, 1.807) is 14.2 Å². The van der Waals surface area contributed by atoms with Gasteiger partial charge in [0.15, 0.2) is 0 Å². The van der Waals surface area contributed by atoms with Gasteiger partial charge < -0.3 is 14.6 Å². The lowest BCUT2D eigenvalue weighted by atomic mass is 10.0. The number of hydrogen-bond acceptors (Lipinski definition) is 5. The molecule has 0 aliphatic carbocycles. The quantitative estimate of drug-likeness (QED) is 0.598. The van der Waals surface area contributed by atoms with E-state index in [-0.39, 0.29) is 6.61 Å². The van der Waals surface area contributed by atoms with Crippen molar-refractivity contribution in [2.24, 2.45) is 0 Å². The largest absolute Gasteiger partial charge is 0.497 e. The van der Waals surface area contributed by atoms with E-state index >= 15 is 0 Å². The zero-order valence-electron chi connectivity index (χ0n) is 18.5. The number of nitrogens with zero attached hydrogens (tertiary/aromatic N) is 2. The number of hydrogen-bond donors (Lipinski definition) is 1. The summed E-state index contributed by atoms with van der Waals surface area (Å²) in [5.74, 6) is 1.62. The van der Waals surface area contributed by atoms with Crippen LogP contribution in [-0.4, -0.2) is 61.4 Å². The molecule has 0 bridgehead atoms. The van der Waals surface area contributed by atoms with Gasteiger partial charge in [-0.15, -0.1) is 0 Å². The highest BCUT2D eigenvalue weighted by molar-refractivity contribution is 5.85. The average molecular weight is 421 g/mol. The number of ether oxygens (including phenoxy) is 2. The Morgan fingerprint density at radius 3 is 2.39 bits per heavy atom. The van der Waals surface area contributed by atoms with E-state index in [1.165, 1.54) is 21.9 Å². The van der Waals surface area contributed by atoms with E-state index < -0.39 is 0 Å². The first-order valence-corrected chi connectivity index (χ1v) is 11.0. The molecular formula is C26H32N2O3. The lowest BCUT2D eigenvalue weighted by Crippen LogP contribution is -2.52. The smallest absolute Gasteiger partial charge is 0.122 e. The second kappa shape index (κ2) is 10.1. The fraction of sp³-hybridized carbons (Fsp3) is 0.385. The Labute approximate surface area is 184 Å². The van der Waals surface area contributed by atoms with Crippen LogP contribution in [0.25, 0.3) is 10.8 Å². The Kier molecular flexibility index (Phi) is 7.07. The fourth-order valence-electron chi connectivity index (χ4n) is 4.60. The van der Waals surface area contributed by atoms with Crippen LogP contribution in [0.3, 0.4) is 0 Å². The summed E-state index contributed by atoms with van der Waals surface area (Å²) in [6, 6.07) is 21.5. The van der Waals surface area contributed by atoms with Gasteiger partial charge in [0.05, 0.1) is 14.2 Å². The maximum atomic E-state index is 9.70. The third-order valence-electron chi connectivity index (χ3n) is 6.22. The van der Waals surface area contributed by atoms with Gasteiger partial charge in [0, 0.05) is 51.4 Å². The predicted molar refractivity (Wildman–Crippen MR) is 125 cm³/mol. The molecule has 0 saturated carbocycles. The van der Waals surface area contributed by atoms with Crippen molar-refractivity contribution in [1.82, 2.24) is 9.80 Å². The normalized spacial score (nSPS) is 17.7. The second-order valence-electron chi connectivity index (χ2n) is 8.23. The standard InChI is InChI=1S/C26H32N2O3/c1-30-24-14-20(15-25(16-24)31-2)17-28-12-11-27(19-23(28)10-13-29)18-22-8-5-7-21-6-3-4-9-26(21)22/h3-9,14-16,23,29H,10-13,17-19H2,1-2H3. The van der Waals surface area contributed by atoms with Crippen LogP contribution >= 0.6 is 0 Å². The summed E-state index contributed by atoms with van der Waals surface area (Å²) < 4.78 is 10.9. The monoisotopic (exact) mass is 420 g/mol. The number of fused-ring (bicyclic) bond motifs is 1. The highest BCUT2D eigenvalue weighted by atomic mass is 16.5. The molecule has 0 aromatic heterocycles. The van der Waals surface area contributed by atoms with Crippen molar-refractivity contribution >= 4 is 10.8 Å². The number of benzene rings is 3. The first-order chi connectivity index (χ1) is 15.2. The number of piperazine rings is 1. The molecule has 31 heavy (non-hydrogen) atoms. The van der Waals surface area contributed by atoms with Crippen molar-refractivity contribution in [3.63, 3.8) is 0 Å². The van der Waals surface area contributed by atoms with Gasteiger partial charge in [0.2, 0.25) is 0 Å². The van der Waals surface area contributed by atoms with E-state index in [0.717, 1.165) is 50.6 Å². The zero-order chi connectivity index (χ0) is 21.6. The van der Waals surface area contributed by atoms with E-state index in [0.29, 0.717) is 6.04 Å². The summed E-state index contributed by atoms with van der Waals surface area (Å²) in [6.07, 6.45) is 0.771. The highest BCUT2D eigenvalue weighted by Gasteiger charge is 2.27. The first kappa shape index (κ1) is 21.6. The van der Waals surface area contributed by atoms with Crippen LogP contribution < -0.4 is 9.47 Å². The average Bonchev–Trinajstić information content (AvgIpc) is 2.81. The van der Waals surface area contributed by atoms with Crippen LogP contribution in [0.4, 0.5) is 0 Å². The minimum atomic E-state index is 0.199. The number of methoxy groups -OCH3 is 2. The van der Waals surface area contributed by atoms with Crippen LogP contribution in [0.1, 0.15) is 17.5 Å². The van der Waals surface area contributed by atoms with Crippen LogP contribution in [0.2, 0.25) is 0 Å². The molecule has 1 N–H and O–H groups in total. The van der Waals surface area contributed by atoms with Gasteiger partial charge in [-0.25, -0.2) is 0 Å². The summed E-state index contributed by atoms with van der Waals surface area (Å²) >= 11 is 0. The summed E-state index contributed by atoms with van der Waals surface area (Å²) in [7, 11) is 3.36. The molecule has 0 radical (unpaired) electrons. The van der Waals surface area contributed by atoms with Crippen molar-refractivity contribution in [3.8, 4) is 11.5 Å². The molecule has 4 rings (SSSR count). The van der Waals surface area contributed by atoms with E-state index in [2.05, 4.69) is 64.4 Å². The summed E-state index contributed by atoms with van der Waals surface area (Å²) in [4.78, 5) is 4.99. The number of aliphatic hydroxyl groups is 1. The summed E-state index contributed by atoms with van der Waals surface area (Å²) in [6.45, 7) is 4.88. The van der Waals surface area contributed by atoms with Crippen molar-refractivity contribution in [1.29, 1.82) is 0 Å². The molecule has 1 saturated heterocycles. The Morgan fingerprint density at radius 2 is 1.65 bits per heavy atom. The SMILES string of the molecule is COc1cc(CN2CCN(Cc3cccc4ccccc34)CC2CCO)cc(OC)c1. The Hall–Kier alpha value is -2.60. The van der Waals surface area contributed by atoms with Crippen LogP contribution in [0, 0.1) is 0 Å². The van der Waals surface area contributed by atoms with E-state index in [9.17, 15) is 5.11 Å². The Bertz CT molecular complexity index is 979. The number of rotatable bonds is 8. The zero-order valence-corrected chi connectivity index (χ0v) is 18.5. The molecule has 1 aliphatic rings. The second-order valence-corrected chi connectivity index (χ2v) is 8.23. The molecule has 5 heteroatoms. The molecule has 1 heterocycles. The molecule has 1 atom stereocenters. The van der Waals surface area contributed by atoms with Crippen LogP contribution in [-0.2, 0) is 13.1 Å². The fourth-order valence-corrected chi connectivity index (χ4v) is 4.60. The lowest BCUT2D eigenvalue weighted by Gasteiger charge is -2.41. The molecule has 3 aromatic carbocycles. The molecule has 164 valence electrons. The Morgan fingerprint density at radius 1 is 0.903 bits per heavy atom. The number of aliphatic hydroxyl groups excluding tert-OH is 1. The molecular weight excluding hydrogens is 388 g/mol. The summed E-state index contributed by atoms with van der Waals surface area (Å²) in [5.41, 5.74) is 2.54. The first-order valence-electron chi connectivity index (χ1n) is 11.0. The van der Waals surface area contributed by atoms with E-state index in [1.807, 2.05) is 6.07 Å². The minimum Gasteiger partial charge on any atom is -0.497 e. The third-order valence-corrected chi connectivity index (χ3v) is 6.22. The maximum Gasteiger partial charge on any atom is 0.122 e. The minimum absolute atomic E-state index is 0.199. The van der Waals surface area contributed by atoms with E-state index in [4.69, 9.17) is 9.47 Å². The van der Waals surface area contributed by atoms with Crippen LogP contribution in [0.5, 0.6) is 11.5 Å². The third kappa shape index (κ3) is 5.18. The molecule has 3 aromatic rings. The highest BCUT2D eigenvalue weighted by Crippen LogP contribution is 2.26. The molecule has 1 fully saturated rings. The maximum absolute atomic E-state index is 9.70. The molecule has 1 aliphatic heterocycles. The molecule has 1 unspecified atom stereocenters. The van der Waals surface area contributed by atoms with Crippen molar-refractivity contribution < 1.29 is 14.6 Å². The molecule has 0 amide bonds. The van der Waals surface area contributed by atoms with Gasteiger partial charge in [-0.1, -0.05) is 42.5 Å². The molecule has 5 nitrogen and oxygen atoms in total. The Balaban J connectivity index is 1.47. The van der Waals surface area contributed by atoms with Gasteiger partial charge >= 0.3 is 0 Å². The van der Waals surface area contributed by atoms with Crippen molar-refractivity contribution in [2.75, 3.05) is 40.5 Å². The lowest BCUT2D eigenvalue weighted by molar-refractivity contribution is 0.0501. The van der Waals surface area contributed by atoms with Crippen LogP contribution in [0.15, 0.2) is 60.7 Å². The predicted octanol–water partition coefficient (Wildman–Crippen LogP) is 3.93. The van der Waals surface area contributed by atoms with Crippen molar-refractivity contribution in [3.05, 3.63) is 71.8 Å². The van der Waals surface area contributed by atoms with Gasteiger partial charge in [0.25, 0.3) is 0 Å². The summed E-state index contributed by atoms with van der Waals surface area (Å²) in [5, 5.41) is 12.3. The van der Waals surface area contributed by atoms with Gasteiger partial charge in [0.1, 0.15) is 11.5 Å². The molecule has 0 spiro atoms. The van der Waals surface area contributed by atoms with Crippen molar-refractivity contribution in [2.45, 2.75) is 25.6 Å². The topological polar surface area (TPSA) is 45.2 Å². The van der Waals surface area contributed by atoms with Gasteiger partial charge in [-0.2, -0.15) is 0 Å². The van der Waals surface area contributed by atoms with Gasteiger partial charge in [-0.05, 0) is 40.5 Å².